The Kier molecular flexibility index (Phi) is 6.21. The van der Waals surface area contributed by atoms with Gasteiger partial charge in [-0.1, -0.05) is 48.2 Å². The van der Waals surface area contributed by atoms with Gasteiger partial charge in [-0.15, -0.1) is 0 Å². The first kappa shape index (κ1) is 16.2. The summed E-state index contributed by atoms with van der Waals surface area (Å²) in [5, 5.41) is 0. The summed E-state index contributed by atoms with van der Waals surface area (Å²) in [4.78, 5) is 14.0. The SMILES string of the molecule is CN(C/C=C/C#CC(C)(C)C)CC(=O)c1ccccc1. The number of rotatable bonds is 5. The van der Waals surface area contributed by atoms with Crippen molar-refractivity contribution in [1.29, 1.82) is 0 Å². The average molecular weight is 269 g/mol. The Morgan fingerprint density at radius 3 is 2.50 bits per heavy atom. The standard InChI is InChI=1S/C18H23NO/c1-18(2,3)13-9-6-10-14-19(4)15-17(20)16-11-7-5-8-12-16/h5-8,10-12H,14-15H2,1-4H3/b10-6+. The molecule has 0 unspecified atom stereocenters. The first-order chi connectivity index (χ1) is 9.38. The molecular formula is C18H23NO. The van der Waals surface area contributed by atoms with Gasteiger partial charge in [0.15, 0.2) is 5.78 Å². The first-order valence-electron chi connectivity index (χ1n) is 6.83. The van der Waals surface area contributed by atoms with Crippen LogP contribution in [0.4, 0.5) is 0 Å². The fraction of sp³-hybridized carbons (Fsp3) is 0.389. The second-order valence-electron chi connectivity index (χ2n) is 5.91. The van der Waals surface area contributed by atoms with Crippen LogP contribution in [0.25, 0.3) is 0 Å². The zero-order valence-electron chi connectivity index (χ0n) is 12.8. The Bertz CT molecular complexity index is 512. The largest absolute Gasteiger partial charge is 0.295 e. The lowest BCUT2D eigenvalue weighted by Gasteiger charge is -2.12. The first-order valence-corrected chi connectivity index (χ1v) is 6.83. The van der Waals surface area contributed by atoms with Crippen molar-refractivity contribution in [2.75, 3.05) is 20.1 Å². The van der Waals surface area contributed by atoms with E-state index < -0.39 is 0 Å². The van der Waals surface area contributed by atoms with E-state index in [4.69, 9.17) is 0 Å². The quantitative estimate of drug-likeness (QED) is 0.603. The molecule has 106 valence electrons. The van der Waals surface area contributed by atoms with Crippen molar-refractivity contribution in [3.05, 3.63) is 48.0 Å². The zero-order valence-corrected chi connectivity index (χ0v) is 12.8. The second-order valence-corrected chi connectivity index (χ2v) is 5.91. The van der Waals surface area contributed by atoms with Crippen LogP contribution in [0.5, 0.6) is 0 Å². The number of carbonyl (C=O) groups is 1. The van der Waals surface area contributed by atoms with Gasteiger partial charge >= 0.3 is 0 Å². The molecule has 0 fully saturated rings. The van der Waals surface area contributed by atoms with E-state index in [1.54, 1.807) is 0 Å². The molecule has 0 saturated heterocycles. The Labute approximate surface area is 122 Å². The van der Waals surface area contributed by atoms with Gasteiger partial charge in [-0.25, -0.2) is 0 Å². The summed E-state index contributed by atoms with van der Waals surface area (Å²) < 4.78 is 0. The summed E-state index contributed by atoms with van der Waals surface area (Å²) in [6.45, 7) is 7.38. The molecule has 0 bridgehead atoms. The highest BCUT2D eigenvalue weighted by atomic mass is 16.1. The maximum atomic E-state index is 12.0. The van der Waals surface area contributed by atoms with Crippen molar-refractivity contribution in [1.82, 2.24) is 4.90 Å². The molecule has 2 heteroatoms. The van der Waals surface area contributed by atoms with E-state index in [0.717, 1.165) is 12.1 Å². The molecule has 0 aliphatic carbocycles. The predicted molar refractivity (Wildman–Crippen MR) is 84.6 cm³/mol. The molecule has 1 rings (SSSR count). The average Bonchev–Trinajstić information content (AvgIpc) is 2.38. The third kappa shape index (κ3) is 6.92. The van der Waals surface area contributed by atoms with Crippen LogP contribution in [0, 0.1) is 17.3 Å². The number of hydrogen-bond donors (Lipinski definition) is 0. The number of ketones is 1. The van der Waals surface area contributed by atoms with Crippen LogP contribution in [-0.4, -0.2) is 30.8 Å². The van der Waals surface area contributed by atoms with Crippen LogP contribution in [-0.2, 0) is 0 Å². The van der Waals surface area contributed by atoms with Crippen molar-refractivity contribution in [2.24, 2.45) is 5.41 Å². The summed E-state index contributed by atoms with van der Waals surface area (Å²) in [7, 11) is 1.93. The third-order valence-electron chi connectivity index (χ3n) is 2.57. The summed E-state index contributed by atoms with van der Waals surface area (Å²) >= 11 is 0. The number of benzene rings is 1. The fourth-order valence-electron chi connectivity index (χ4n) is 1.57. The van der Waals surface area contributed by atoms with E-state index >= 15 is 0 Å². The number of allylic oxidation sites excluding steroid dienone is 1. The minimum atomic E-state index is 0.0273. The molecule has 0 atom stereocenters. The second kappa shape index (κ2) is 7.67. The summed E-state index contributed by atoms with van der Waals surface area (Å²) in [6, 6.07) is 9.38. The molecule has 0 saturated carbocycles. The highest BCUT2D eigenvalue weighted by Gasteiger charge is 2.07. The van der Waals surface area contributed by atoms with E-state index in [9.17, 15) is 4.79 Å². The maximum Gasteiger partial charge on any atom is 0.176 e. The monoisotopic (exact) mass is 269 g/mol. The predicted octanol–water partition coefficient (Wildman–Crippen LogP) is 3.41. The Morgan fingerprint density at radius 1 is 1.25 bits per heavy atom. The van der Waals surface area contributed by atoms with Crippen molar-refractivity contribution >= 4 is 5.78 Å². The van der Waals surface area contributed by atoms with Gasteiger partial charge in [0, 0.05) is 17.5 Å². The minimum absolute atomic E-state index is 0.0273. The van der Waals surface area contributed by atoms with Crippen LogP contribution < -0.4 is 0 Å². The van der Waals surface area contributed by atoms with E-state index in [-0.39, 0.29) is 11.2 Å². The van der Waals surface area contributed by atoms with Gasteiger partial charge in [0.2, 0.25) is 0 Å². The van der Waals surface area contributed by atoms with E-state index in [1.165, 1.54) is 0 Å². The summed E-state index contributed by atoms with van der Waals surface area (Å²) in [5.41, 5.74) is 0.787. The Morgan fingerprint density at radius 2 is 1.90 bits per heavy atom. The van der Waals surface area contributed by atoms with Gasteiger partial charge < -0.3 is 0 Å². The van der Waals surface area contributed by atoms with Crippen molar-refractivity contribution in [3.63, 3.8) is 0 Å². The minimum Gasteiger partial charge on any atom is -0.295 e. The lowest BCUT2D eigenvalue weighted by Crippen LogP contribution is -2.26. The van der Waals surface area contributed by atoms with E-state index in [2.05, 4.69) is 32.6 Å². The smallest absolute Gasteiger partial charge is 0.176 e. The molecule has 0 radical (unpaired) electrons. The van der Waals surface area contributed by atoms with Crippen LogP contribution in [0.1, 0.15) is 31.1 Å². The molecule has 0 N–H and O–H groups in total. The van der Waals surface area contributed by atoms with Crippen molar-refractivity contribution in [3.8, 4) is 11.8 Å². The number of hydrogen-bond acceptors (Lipinski definition) is 2. The zero-order chi connectivity index (χ0) is 15.0. The molecule has 2 nitrogen and oxygen atoms in total. The summed E-state index contributed by atoms with van der Waals surface area (Å²) in [5.74, 6) is 6.30. The van der Waals surface area contributed by atoms with Gasteiger partial charge in [0.1, 0.15) is 0 Å². The molecule has 1 aromatic carbocycles. The molecule has 0 aliphatic rings. The molecule has 1 aromatic rings. The molecule has 0 spiro atoms. The van der Waals surface area contributed by atoms with Crippen molar-refractivity contribution in [2.45, 2.75) is 20.8 Å². The molecular weight excluding hydrogens is 246 g/mol. The van der Waals surface area contributed by atoms with Crippen LogP contribution in [0.15, 0.2) is 42.5 Å². The number of nitrogens with zero attached hydrogens (tertiary/aromatic N) is 1. The van der Waals surface area contributed by atoms with Gasteiger partial charge in [-0.05, 0) is 33.9 Å². The van der Waals surface area contributed by atoms with Gasteiger partial charge in [-0.2, -0.15) is 0 Å². The molecule has 0 heterocycles. The normalized spacial score (nSPS) is 11.4. The lowest BCUT2D eigenvalue weighted by atomic mass is 9.98. The van der Waals surface area contributed by atoms with Crippen LogP contribution >= 0.6 is 0 Å². The van der Waals surface area contributed by atoms with Gasteiger partial charge in [0.05, 0.1) is 6.54 Å². The Hall–Kier alpha value is -1.85. The number of carbonyl (C=O) groups excluding carboxylic acids is 1. The van der Waals surface area contributed by atoms with Crippen LogP contribution in [0.3, 0.4) is 0 Å². The molecule has 0 amide bonds. The van der Waals surface area contributed by atoms with Gasteiger partial charge in [0.25, 0.3) is 0 Å². The van der Waals surface area contributed by atoms with Gasteiger partial charge in [-0.3, -0.25) is 9.69 Å². The topological polar surface area (TPSA) is 20.3 Å². The number of Topliss-reactive ketones (excluding diaryl/α,β-unsaturated/α-hetero) is 1. The maximum absolute atomic E-state index is 12.0. The van der Waals surface area contributed by atoms with Crippen LogP contribution in [0.2, 0.25) is 0 Å². The van der Waals surface area contributed by atoms with E-state index in [0.29, 0.717) is 6.54 Å². The molecule has 20 heavy (non-hydrogen) atoms. The number of likely N-dealkylation sites (N-methyl/N-ethyl adjacent to an activating group) is 1. The highest BCUT2D eigenvalue weighted by molar-refractivity contribution is 5.97. The van der Waals surface area contributed by atoms with Crippen molar-refractivity contribution < 1.29 is 4.79 Å². The molecule has 0 aliphatic heterocycles. The molecule has 0 aromatic heterocycles. The Balaban J connectivity index is 2.40. The highest BCUT2D eigenvalue weighted by Crippen LogP contribution is 2.09. The lowest BCUT2D eigenvalue weighted by molar-refractivity contribution is 0.0952. The van der Waals surface area contributed by atoms with E-state index in [1.807, 2.05) is 54.4 Å². The fourth-order valence-corrected chi connectivity index (χ4v) is 1.57. The summed E-state index contributed by atoms with van der Waals surface area (Å²) in [6.07, 6.45) is 3.84. The third-order valence-corrected chi connectivity index (χ3v) is 2.57.